The second-order valence-corrected chi connectivity index (χ2v) is 13.7. The Labute approximate surface area is 279 Å². The van der Waals surface area contributed by atoms with E-state index >= 15 is 4.39 Å². The lowest BCUT2D eigenvalue weighted by Gasteiger charge is -2.32. The number of pyridine rings is 1. The SMILES string of the molecule is CCOc1cc(CC)cc(C(Nc2ccc3c(N)nccc3c2)C(=O)N2CCCC2c2cc(NC(=O)OC)ccc2S(=O)(=O)CC)c1F. The third-order valence-electron chi connectivity index (χ3n) is 8.55. The fourth-order valence-corrected chi connectivity index (χ4v) is 7.24. The molecule has 0 aliphatic carbocycles. The zero-order valence-electron chi connectivity index (χ0n) is 27.4. The van der Waals surface area contributed by atoms with E-state index in [-0.39, 0.29) is 28.6 Å². The molecule has 0 radical (unpaired) electrons. The normalized spacial score (nSPS) is 15.3. The van der Waals surface area contributed by atoms with Crippen molar-refractivity contribution in [1.82, 2.24) is 9.88 Å². The Balaban J connectivity index is 1.63. The number of likely N-dealkylation sites (tertiary alicyclic amines) is 1. The van der Waals surface area contributed by atoms with E-state index in [1.807, 2.05) is 13.0 Å². The molecule has 13 heteroatoms. The first-order valence-corrected chi connectivity index (χ1v) is 17.5. The van der Waals surface area contributed by atoms with E-state index in [0.717, 1.165) is 16.3 Å². The first-order valence-electron chi connectivity index (χ1n) is 15.9. The van der Waals surface area contributed by atoms with Crippen LogP contribution in [-0.2, 0) is 25.8 Å². The monoisotopic (exact) mass is 677 g/mol. The molecule has 1 aliphatic rings. The maximum absolute atomic E-state index is 16.3. The van der Waals surface area contributed by atoms with Crippen LogP contribution < -0.4 is 21.1 Å². The summed E-state index contributed by atoms with van der Waals surface area (Å²) in [5, 5.41) is 7.37. The molecule has 1 saturated heterocycles. The second-order valence-electron chi connectivity index (χ2n) is 11.5. The number of sulfone groups is 1. The maximum Gasteiger partial charge on any atom is 0.411 e. The summed E-state index contributed by atoms with van der Waals surface area (Å²) in [6.07, 6.45) is 2.47. The number of hydrogen-bond acceptors (Lipinski definition) is 9. The minimum atomic E-state index is -3.73. The van der Waals surface area contributed by atoms with E-state index in [9.17, 15) is 18.0 Å². The summed E-state index contributed by atoms with van der Waals surface area (Å²) in [6.45, 7) is 5.77. The van der Waals surface area contributed by atoms with E-state index in [1.165, 1.54) is 19.2 Å². The van der Waals surface area contributed by atoms with Crippen LogP contribution in [0.15, 0.2) is 65.7 Å². The molecule has 1 aliphatic heterocycles. The Morgan fingerprint density at radius 1 is 1.08 bits per heavy atom. The van der Waals surface area contributed by atoms with Crippen molar-refractivity contribution in [3.63, 3.8) is 0 Å². The number of aryl methyl sites for hydroxylation is 1. The zero-order chi connectivity index (χ0) is 34.6. The lowest BCUT2D eigenvalue weighted by atomic mass is 9.98. The highest BCUT2D eigenvalue weighted by Gasteiger charge is 2.38. The molecular weight excluding hydrogens is 637 g/mol. The van der Waals surface area contributed by atoms with Crippen LogP contribution in [0.1, 0.15) is 62.4 Å². The number of carbonyl (C=O) groups is 2. The van der Waals surface area contributed by atoms with Crippen molar-refractivity contribution in [3.05, 3.63) is 83.3 Å². The van der Waals surface area contributed by atoms with Gasteiger partial charge in [0.2, 0.25) is 5.91 Å². The smallest absolute Gasteiger partial charge is 0.411 e. The van der Waals surface area contributed by atoms with Gasteiger partial charge in [0, 0.05) is 35.1 Å². The van der Waals surface area contributed by atoms with Crippen LogP contribution in [0.2, 0.25) is 0 Å². The average Bonchev–Trinajstić information content (AvgIpc) is 3.58. The summed E-state index contributed by atoms with van der Waals surface area (Å²) in [6, 6.07) is 13.0. The summed E-state index contributed by atoms with van der Waals surface area (Å²) in [4.78, 5) is 32.6. The summed E-state index contributed by atoms with van der Waals surface area (Å²) >= 11 is 0. The molecule has 48 heavy (non-hydrogen) atoms. The molecule has 0 spiro atoms. The Morgan fingerprint density at radius 3 is 2.56 bits per heavy atom. The molecule has 2 unspecified atom stereocenters. The largest absolute Gasteiger partial charge is 0.491 e. The topological polar surface area (TPSA) is 153 Å². The number of nitrogens with zero attached hydrogens (tertiary/aromatic N) is 2. The number of rotatable bonds is 11. The average molecular weight is 678 g/mol. The Hall–Kier alpha value is -4.91. The van der Waals surface area contributed by atoms with E-state index in [1.54, 1.807) is 61.3 Å². The molecular formula is C35H40FN5O6S. The van der Waals surface area contributed by atoms with Gasteiger partial charge in [0.05, 0.1) is 30.4 Å². The van der Waals surface area contributed by atoms with Gasteiger partial charge in [-0.3, -0.25) is 10.1 Å². The molecule has 0 saturated carbocycles. The first kappa shape index (κ1) is 34.4. The number of amides is 2. The Morgan fingerprint density at radius 2 is 1.85 bits per heavy atom. The number of benzene rings is 3. The molecule has 3 aromatic carbocycles. The summed E-state index contributed by atoms with van der Waals surface area (Å²) < 4.78 is 53.2. The van der Waals surface area contributed by atoms with Gasteiger partial charge < -0.3 is 25.4 Å². The maximum atomic E-state index is 16.3. The highest BCUT2D eigenvalue weighted by Crippen LogP contribution is 2.41. The zero-order valence-corrected chi connectivity index (χ0v) is 28.2. The summed E-state index contributed by atoms with van der Waals surface area (Å²) in [7, 11) is -2.50. The van der Waals surface area contributed by atoms with Gasteiger partial charge in [-0.15, -0.1) is 0 Å². The Kier molecular flexibility index (Phi) is 10.4. The first-order chi connectivity index (χ1) is 23.0. The van der Waals surface area contributed by atoms with E-state index in [2.05, 4.69) is 15.6 Å². The number of nitrogen functional groups attached to an aromatic ring is 1. The fraction of sp³-hybridized carbons (Fsp3) is 0.343. The lowest BCUT2D eigenvalue weighted by Crippen LogP contribution is -2.38. The number of halogens is 1. The highest BCUT2D eigenvalue weighted by atomic mass is 32.2. The van der Waals surface area contributed by atoms with Crippen LogP contribution in [-0.4, -0.2) is 56.3 Å². The number of methoxy groups -OCH3 is 1. The molecule has 5 rings (SSSR count). The predicted molar refractivity (Wildman–Crippen MR) is 183 cm³/mol. The van der Waals surface area contributed by atoms with Crippen LogP contribution in [0.25, 0.3) is 10.8 Å². The van der Waals surface area contributed by atoms with Crippen molar-refractivity contribution in [2.75, 3.05) is 42.4 Å². The van der Waals surface area contributed by atoms with Gasteiger partial charge in [-0.2, -0.15) is 0 Å². The third-order valence-corrected chi connectivity index (χ3v) is 10.4. The lowest BCUT2D eigenvalue weighted by molar-refractivity contribution is -0.133. The van der Waals surface area contributed by atoms with Crippen LogP contribution in [0.3, 0.4) is 0 Å². The van der Waals surface area contributed by atoms with Crippen molar-refractivity contribution in [2.45, 2.75) is 57.0 Å². The van der Waals surface area contributed by atoms with Gasteiger partial charge in [-0.25, -0.2) is 22.6 Å². The third kappa shape index (κ3) is 7.01. The minimum Gasteiger partial charge on any atom is -0.491 e. The van der Waals surface area contributed by atoms with Gasteiger partial charge >= 0.3 is 6.09 Å². The number of anilines is 3. The molecule has 2 heterocycles. The number of nitrogens with two attached hydrogens (primary N) is 1. The number of ether oxygens (including phenoxy) is 2. The van der Waals surface area contributed by atoms with Gasteiger partial charge in [0.25, 0.3) is 0 Å². The quantitative estimate of drug-likeness (QED) is 0.164. The van der Waals surface area contributed by atoms with Gasteiger partial charge in [-0.05, 0) is 91.2 Å². The number of aromatic nitrogens is 1. The van der Waals surface area contributed by atoms with Crippen molar-refractivity contribution >= 4 is 49.8 Å². The Bertz CT molecular complexity index is 1950. The van der Waals surface area contributed by atoms with Crippen LogP contribution in [0, 0.1) is 5.82 Å². The molecule has 11 nitrogen and oxygen atoms in total. The van der Waals surface area contributed by atoms with Crippen LogP contribution in [0.5, 0.6) is 5.75 Å². The van der Waals surface area contributed by atoms with Crippen LogP contribution in [0.4, 0.5) is 26.4 Å². The molecule has 2 atom stereocenters. The van der Waals surface area contributed by atoms with Crippen molar-refractivity contribution in [1.29, 1.82) is 0 Å². The van der Waals surface area contributed by atoms with E-state index in [0.29, 0.717) is 48.6 Å². The standard InChI is InChI=1S/C35H40FN5O6S/c1-5-21-17-27(31(36)29(18-21)47-6-2)32(39-23-10-12-25-22(19-23)14-15-38-33(25)37)34(42)41-16-8-9-28(41)26-20-24(40-35(43)46-4)11-13-30(26)48(44,45)7-3/h10-15,17-20,28,32,39H,5-9,16H2,1-4H3,(H2,37,38)(H,40,43). The van der Waals surface area contributed by atoms with Crippen molar-refractivity contribution in [2.24, 2.45) is 0 Å². The van der Waals surface area contributed by atoms with Gasteiger partial charge in [0.1, 0.15) is 11.9 Å². The molecule has 254 valence electrons. The highest BCUT2D eigenvalue weighted by molar-refractivity contribution is 7.91. The van der Waals surface area contributed by atoms with E-state index < -0.39 is 39.7 Å². The number of hydrogen-bond donors (Lipinski definition) is 3. The molecule has 1 fully saturated rings. The predicted octanol–water partition coefficient (Wildman–Crippen LogP) is 6.41. The fourth-order valence-electron chi connectivity index (χ4n) is 6.10. The molecule has 4 aromatic rings. The second kappa shape index (κ2) is 14.5. The van der Waals surface area contributed by atoms with E-state index in [4.69, 9.17) is 15.2 Å². The molecule has 2 amide bonds. The minimum absolute atomic E-state index is 0.0414. The van der Waals surface area contributed by atoms with Crippen molar-refractivity contribution in [3.8, 4) is 5.75 Å². The van der Waals surface area contributed by atoms with Crippen LogP contribution >= 0.6 is 0 Å². The summed E-state index contributed by atoms with van der Waals surface area (Å²) in [5.41, 5.74) is 8.17. The van der Waals surface area contributed by atoms with Crippen molar-refractivity contribution < 1.29 is 31.9 Å². The number of nitrogens with one attached hydrogen (secondary N) is 2. The molecule has 1 aromatic heterocycles. The van der Waals surface area contributed by atoms with Gasteiger partial charge in [0.15, 0.2) is 21.4 Å². The molecule has 0 bridgehead atoms. The number of carbonyl (C=O) groups excluding carboxylic acids is 2. The van der Waals surface area contributed by atoms with Gasteiger partial charge in [-0.1, -0.05) is 19.9 Å². The summed E-state index contributed by atoms with van der Waals surface area (Å²) in [5.74, 6) is -0.877. The number of fused-ring (bicyclic) bond motifs is 1. The molecule has 4 N–H and O–H groups in total.